The molecule has 1 aromatic rings. The average Bonchev–Trinajstić information content (AvgIpc) is 2.64. The van der Waals surface area contributed by atoms with E-state index >= 15 is 0 Å². The highest BCUT2D eigenvalue weighted by atomic mass is 32.1. The van der Waals surface area contributed by atoms with E-state index in [1.165, 1.54) is 0 Å². The highest BCUT2D eigenvalue weighted by molar-refractivity contribution is 7.80. The van der Waals surface area contributed by atoms with Gasteiger partial charge in [-0.2, -0.15) is 0 Å². The maximum atomic E-state index is 13.1. The first-order valence-electron chi connectivity index (χ1n) is 9.52. The summed E-state index contributed by atoms with van der Waals surface area (Å²) < 4.78 is 11.4. The Morgan fingerprint density at radius 3 is 2.63 bits per heavy atom. The van der Waals surface area contributed by atoms with E-state index in [1.54, 1.807) is 7.11 Å². The first kappa shape index (κ1) is 19.7. The summed E-state index contributed by atoms with van der Waals surface area (Å²) in [5, 5.41) is 6.75. The fourth-order valence-electron chi connectivity index (χ4n) is 3.92. The summed E-state index contributed by atoms with van der Waals surface area (Å²) >= 11 is 5.32. The molecule has 4 atom stereocenters. The van der Waals surface area contributed by atoms with Crippen LogP contribution in [0.25, 0.3) is 0 Å². The number of benzene rings is 1. The van der Waals surface area contributed by atoms with Gasteiger partial charge in [0.15, 0.2) is 5.11 Å². The lowest BCUT2D eigenvalue weighted by Gasteiger charge is -2.34. The molecule has 1 heterocycles. The molecule has 5 nitrogen and oxygen atoms in total. The number of carbonyl (C=O) groups excluding carboxylic acids is 1. The fourth-order valence-corrected chi connectivity index (χ4v) is 4.19. The van der Waals surface area contributed by atoms with Crippen LogP contribution in [0.5, 0.6) is 5.75 Å². The zero-order valence-corrected chi connectivity index (χ0v) is 17.2. The van der Waals surface area contributed by atoms with Crippen molar-refractivity contribution in [1.82, 2.24) is 10.6 Å². The summed E-state index contributed by atoms with van der Waals surface area (Å²) in [4.78, 5) is 13.1. The lowest BCUT2D eigenvalue weighted by Crippen LogP contribution is -2.45. The molecule has 1 aromatic carbocycles. The molecule has 1 saturated carbocycles. The van der Waals surface area contributed by atoms with E-state index in [-0.39, 0.29) is 12.1 Å². The van der Waals surface area contributed by atoms with Gasteiger partial charge in [-0.3, -0.25) is 0 Å². The van der Waals surface area contributed by atoms with Crippen molar-refractivity contribution in [3.63, 3.8) is 0 Å². The summed E-state index contributed by atoms with van der Waals surface area (Å²) in [5.41, 5.74) is 2.14. The standard InChI is InChI=1S/C21H28N2O3S/c1-12-9-10-15(11-13(12)2)26-20(24)18-14(3)22-21(27)23-19(18)16-7-5-6-8-17(16)25-4/h5-8,12-13,15,19H,9-11H2,1-4H3,(H2,22,23,27). The minimum absolute atomic E-state index is 0.0313. The van der Waals surface area contributed by atoms with Crippen molar-refractivity contribution < 1.29 is 14.3 Å². The molecular weight excluding hydrogens is 360 g/mol. The molecule has 0 saturated heterocycles. The highest BCUT2D eigenvalue weighted by Gasteiger charge is 2.35. The smallest absolute Gasteiger partial charge is 0.338 e. The van der Waals surface area contributed by atoms with Crippen LogP contribution in [0.4, 0.5) is 0 Å². The summed E-state index contributed by atoms with van der Waals surface area (Å²) in [7, 11) is 1.62. The third-order valence-corrected chi connectivity index (χ3v) is 5.98. The molecule has 1 aliphatic heterocycles. The molecule has 0 spiro atoms. The van der Waals surface area contributed by atoms with Gasteiger partial charge in [-0.15, -0.1) is 0 Å². The van der Waals surface area contributed by atoms with Gasteiger partial charge in [0.2, 0.25) is 0 Å². The number of thiocarbonyl (C=S) groups is 1. The lowest BCUT2D eigenvalue weighted by molar-refractivity contribution is -0.147. The number of allylic oxidation sites excluding steroid dienone is 1. The normalized spacial score (nSPS) is 28.2. The maximum Gasteiger partial charge on any atom is 0.338 e. The largest absolute Gasteiger partial charge is 0.496 e. The van der Waals surface area contributed by atoms with Crippen LogP contribution < -0.4 is 15.4 Å². The summed E-state index contributed by atoms with van der Waals surface area (Å²) in [6.45, 7) is 6.36. The van der Waals surface area contributed by atoms with Crippen molar-refractivity contribution in [1.29, 1.82) is 0 Å². The Morgan fingerprint density at radius 2 is 1.93 bits per heavy atom. The molecule has 146 valence electrons. The van der Waals surface area contributed by atoms with E-state index in [2.05, 4.69) is 24.5 Å². The van der Waals surface area contributed by atoms with Gasteiger partial charge in [-0.1, -0.05) is 32.0 Å². The second-order valence-electron chi connectivity index (χ2n) is 7.61. The van der Waals surface area contributed by atoms with Gasteiger partial charge in [-0.25, -0.2) is 4.79 Å². The average molecular weight is 389 g/mol. The third-order valence-electron chi connectivity index (χ3n) is 5.76. The maximum absolute atomic E-state index is 13.1. The van der Waals surface area contributed by atoms with Crippen LogP contribution in [-0.4, -0.2) is 24.3 Å². The van der Waals surface area contributed by atoms with E-state index in [9.17, 15) is 4.79 Å². The van der Waals surface area contributed by atoms with Gasteiger partial charge in [0, 0.05) is 11.3 Å². The second-order valence-corrected chi connectivity index (χ2v) is 8.02. The van der Waals surface area contributed by atoms with Crippen molar-refractivity contribution in [2.75, 3.05) is 7.11 Å². The minimum Gasteiger partial charge on any atom is -0.496 e. The molecule has 2 aliphatic rings. The summed E-state index contributed by atoms with van der Waals surface area (Å²) in [6.07, 6.45) is 2.89. The number of esters is 1. The first-order valence-corrected chi connectivity index (χ1v) is 9.93. The number of hydrogen-bond donors (Lipinski definition) is 2. The number of nitrogens with one attached hydrogen (secondary N) is 2. The summed E-state index contributed by atoms with van der Waals surface area (Å²) in [5.74, 6) is 1.65. The predicted octanol–water partition coefficient (Wildman–Crippen LogP) is 3.86. The quantitative estimate of drug-likeness (QED) is 0.603. The van der Waals surface area contributed by atoms with Crippen LogP contribution in [-0.2, 0) is 9.53 Å². The fraction of sp³-hybridized carbons (Fsp3) is 0.524. The third kappa shape index (κ3) is 4.26. The highest BCUT2D eigenvalue weighted by Crippen LogP contribution is 2.35. The molecule has 0 bridgehead atoms. The van der Waals surface area contributed by atoms with Gasteiger partial charge in [0.1, 0.15) is 11.9 Å². The Kier molecular flexibility index (Phi) is 6.05. The number of carbonyl (C=O) groups is 1. The van der Waals surface area contributed by atoms with E-state index in [0.717, 1.165) is 30.5 Å². The SMILES string of the molecule is COc1ccccc1C1NC(=S)NC(C)=C1C(=O)OC1CCC(C)C(C)C1. The van der Waals surface area contributed by atoms with Crippen LogP contribution in [0.15, 0.2) is 35.5 Å². The van der Waals surface area contributed by atoms with Crippen LogP contribution in [0.1, 0.15) is 51.6 Å². The van der Waals surface area contributed by atoms with E-state index < -0.39 is 6.04 Å². The van der Waals surface area contributed by atoms with E-state index in [0.29, 0.717) is 28.3 Å². The molecule has 0 radical (unpaired) electrons. The molecule has 4 unspecified atom stereocenters. The predicted molar refractivity (Wildman–Crippen MR) is 109 cm³/mol. The topological polar surface area (TPSA) is 59.6 Å². The molecule has 0 amide bonds. The van der Waals surface area contributed by atoms with E-state index in [1.807, 2.05) is 31.2 Å². The molecule has 6 heteroatoms. The number of para-hydroxylation sites is 1. The lowest BCUT2D eigenvalue weighted by atomic mass is 9.80. The van der Waals surface area contributed by atoms with Gasteiger partial charge in [-0.05, 0) is 56.3 Å². The molecule has 1 aliphatic carbocycles. The Hall–Kier alpha value is -2.08. The number of rotatable bonds is 4. The number of ether oxygens (including phenoxy) is 2. The molecular formula is C21H28N2O3S. The zero-order chi connectivity index (χ0) is 19.6. The Morgan fingerprint density at radius 1 is 1.19 bits per heavy atom. The van der Waals surface area contributed by atoms with Crippen LogP contribution in [0.3, 0.4) is 0 Å². The van der Waals surface area contributed by atoms with Gasteiger partial charge >= 0.3 is 5.97 Å². The molecule has 1 fully saturated rings. The zero-order valence-electron chi connectivity index (χ0n) is 16.4. The Bertz CT molecular complexity index is 762. The van der Waals surface area contributed by atoms with Crippen LogP contribution >= 0.6 is 12.2 Å². The number of hydrogen-bond acceptors (Lipinski definition) is 4. The van der Waals surface area contributed by atoms with Crippen LogP contribution in [0.2, 0.25) is 0 Å². The van der Waals surface area contributed by atoms with Gasteiger partial charge in [0.05, 0.1) is 18.7 Å². The molecule has 0 aromatic heterocycles. The Balaban J connectivity index is 1.87. The monoisotopic (exact) mass is 388 g/mol. The Labute approximate surface area is 166 Å². The van der Waals surface area contributed by atoms with Crippen molar-refractivity contribution in [3.8, 4) is 5.75 Å². The van der Waals surface area contributed by atoms with Gasteiger partial charge < -0.3 is 20.1 Å². The van der Waals surface area contributed by atoms with E-state index in [4.69, 9.17) is 21.7 Å². The first-order chi connectivity index (χ1) is 12.9. The summed E-state index contributed by atoms with van der Waals surface area (Å²) in [6, 6.07) is 7.25. The van der Waals surface area contributed by atoms with Crippen LogP contribution in [0, 0.1) is 11.8 Å². The van der Waals surface area contributed by atoms with Crippen molar-refractivity contribution in [3.05, 3.63) is 41.1 Å². The molecule has 27 heavy (non-hydrogen) atoms. The molecule has 3 rings (SSSR count). The van der Waals surface area contributed by atoms with Crippen molar-refractivity contribution >= 4 is 23.3 Å². The molecule has 2 N–H and O–H groups in total. The van der Waals surface area contributed by atoms with Crippen molar-refractivity contribution in [2.45, 2.75) is 52.2 Å². The minimum atomic E-state index is -0.401. The van der Waals surface area contributed by atoms with Gasteiger partial charge in [0.25, 0.3) is 0 Å². The number of methoxy groups -OCH3 is 1. The van der Waals surface area contributed by atoms with Crippen molar-refractivity contribution in [2.24, 2.45) is 11.8 Å². The second kappa shape index (κ2) is 8.30.